The normalized spacial score (nSPS) is 13.7. The number of H-pyrrole nitrogens is 1. The molecule has 0 saturated carbocycles. The second kappa shape index (κ2) is 6.12. The molecule has 0 fully saturated rings. The minimum Gasteiger partial charge on any atom is -0.378 e. The number of hydrogen-bond donors (Lipinski definition) is 1. The summed E-state index contributed by atoms with van der Waals surface area (Å²) in [6, 6.07) is 0. The van der Waals surface area contributed by atoms with Crippen LogP contribution >= 0.6 is 22.6 Å². The molecule has 1 aromatic rings. The number of rotatable bonds is 4. The van der Waals surface area contributed by atoms with E-state index in [-0.39, 0.29) is 17.1 Å². The van der Waals surface area contributed by atoms with Crippen LogP contribution in [0.15, 0.2) is 4.79 Å². The fourth-order valence-corrected chi connectivity index (χ4v) is 2.17. The van der Waals surface area contributed by atoms with Gasteiger partial charge >= 0.3 is 0 Å². The largest absolute Gasteiger partial charge is 0.378 e. The van der Waals surface area contributed by atoms with Gasteiger partial charge in [-0.1, -0.05) is 20.8 Å². The molecule has 1 unspecified atom stereocenters. The third-order valence-electron chi connectivity index (χ3n) is 2.50. The van der Waals surface area contributed by atoms with E-state index in [0.29, 0.717) is 21.7 Å². The average Bonchev–Trinajstić information content (AvgIpc) is 2.24. The molecule has 5 nitrogen and oxygen atoms in total. The van der Waals surface area contributed by atoms with E-state index in [0.717, 1.165) is 0 Å². The van der Waals surface area contributed by atoms with Crippen molar-refractivity contribution in [3.8, 4) is 0 Å². The zero-order chi connectivity index (χ0) is 13.9. The molecule has 0 aliphatic heterocycles. The summed E-state index contributed by atoms with van der Waals surface area (Å²) in [4.78, 5) is 19.1. The van der Waals surface area contributed by atoms with Gasteiger partial charge in [0.15, 0.2) is 0 Å². The van der Waals surface area contributed by atoms with Crippen LogP contribution in [0.4, 0.5) is 0 Å². The molecule has 1 aromatic heterocycles. The first-order valence-electron chi connectivity index (χ1n) is 5.61. The van der Waals surface area contributed by atoms with Crippen molar-refractivity contribution in [2.24, 2.45) is 5.41 Å². The van der Waals surface area contributed by atoms with Gasteiger partial charge in [0.25, 0.3) is 5.56 Å². The van der Waals surface area contributed by atoms with Gasteiger partial charge in [0.2, 0.25) is 0 Å². The molecule has 18 heavy (non-hydrogen) atoms. The van der Waals surface area contributed by atoms with Crippen molar-refractivity contribution < 1.29 is 9.47 Å². The van der Waals surface area contributed by atoms with E-state index in [1.54, 1.807) is 14.2 Å². The first-order chi connectivity index (χ1) is 8.31. The van der Waals surface area contributed by atoms with Crippen molar-refractivity contribution in [2.45, 2.75) is 33.5 Å². The summed E-state index contributed by atoms with van der Waals surface area (Å²) in [5.41, 5.74) is 0.337. The highest BCUT2D eigenvalue weighted by molar-refractivity contribution is 14.1. The molecule has 0 spiro atoms. The predicted molar refractivity (Wildman–Crippen MR) is 77.5 cm³/mol. The van der Waals surface area contributed by atoms with Crippen LogP contribution in [-0.2, 0) is 16.1 Å². The highest BCUT2D eigenvalue weighted by atomic mass is 127. The average molecular weight is 366 g/mol. The first-order valence-corrected chi connectivity index (χ1v) is 6.69. The summed E-state index contributed by atoms with van der Waals surface area (Å²) in [6.45, 7) is 6.43. The second-order valence-electron chi connectivity index (χ2n) is 5.13. The Balaban J connectivity index is 3.29. The van der Waals surface area contributed by atoms with Gasteiger partial charge in [-0.15, -0.1) is 0 Å². The zero-order valence-electron chi connectivity index (χ0n) is 11.3. The monoisotopic (exact) mass is 366 g/mol. The van der Waals surface area contributed by atoms with Crippen molar-refractivity contribution in [3.05, 3.63) is 25.4 Å². The fraction of sp³-hybridized carbons (Fsp3) is 0.667. The Morgan fingerprint density at radius 2 is 2.00 bits per heavy atom. The molecule has 102 valence electrons. The lowest BCUT2D eigenvalue weighted by Gasteiger charge is -2.28. The number of hydrogen-bond acceptors (Lipinski definition) is 4. The molecule has 0 aliphatic rings. The molecule has 0 aliphatic carbocycles. The number of aromatic amines is 1. The van der Waals surface area contributed by atoms with E-state index in [4.69, 9.17) is 9.47 Å². The van der Waals surface area contributed by atoms with Gasteiger partial charge in [0, 0.05) is 14.2 Å². The number of halogens is 1. The summed E-state index contributed by atoms with van der Waals surface area (Å²) in [5, 5.41) is 0. The smallest absolute Gasteiger partial charge is 0.264 e. The van der Waals surface area contributed by atoms with Crippen LogP contribution in [0.3, 0.4) is 0 Å². The van der Waals surface area contributed by atoms with Gasteiger partial charge < -0.3 is 14.5 Å². The van der Waals surface area contributed by atoms with E-state index in [9.17, 15) is 4.79 Å². The summed E-state index contributed by atoms with van der Waals surface area (Å²) in [5.74, 6) is 0.544. The lowest BCUT2D eigenvalue weighted by Crippen LogP contribution is -2.27. The number of nitrogens with one attached hydrogen (secondary N) is 1. The molecule has 1 atom stereocenters. The summed E-state index contributed by atoms with van der Waals surface area (Å²) < 4.78 is 11.1. The molecule has 0 aromatic carbocycles. The predicted octanol–water partition coefficient (Wildman–Crippen LogP) is 2.25. The van der Waals surface area contributed by atoms with E-state index < -0.39 is 0 Å². The standard InChI is InChI=1S/C12H19IN2O3/c1-12(2,3)9(18-5)10-14-7(6-17-4)8(13)11(16)15-10/h9H,6H2,1-5H3,(H,14,15,16). The van der Waals surface area contributed by atoms with Crippen LogP contribution in [0, 0.1) is 8.99 Å². The van der Waals surface area contributed by atoms with Crippen molar-refractivity contribution >= 4 is 22.6 Å². The van der Waals surface area contributed by atoms with E-state index in [1.165, 1.54) is 0 Å². The number of ether oxygens (including phenoxy) is 2. The van der Waals surface area contributed by atoms with Gasteiger partial charge in [-0.05, 0) is 28.0 Å². The summed E-state index contributed by atoms with van der Waals surface area (Å²) >= 11 is 1.97. The van der Waals surface area contributed by atoms with Crippen LogP contribution in [-0.4, -0.2) is 24.2 Å². The van der Waals surface area contributed by atoms with E-state index in [2.05, 4.69) is 9.97 Å². The van der Waals surface area contributed by atoms with Gasteiger partial charge in [-0.2, -0.15) is 0 Å². The lowest BCUT2D eigenvalue weighted by atomic mass is 9.88. The Morgan fingerprint density at radius 1 is 1.39 bits per heavy atom. The molecule has 1 N–H and O–H groups in total. The van der Waals surface area contributed by atoms with Crippen LogP contribution in [0.1, 0.15) is 38.4 Å². The summed E-state index contributed by atoms with van der Waals surface area (Å²) in [7, 11) is 3.19. The zero-order valence-corrected chi connectivity index (χ0v) is 13.5. The van der Waals surface area contributed by atoms with Crippen molar-refractivity contribution in [1.29, 1.82) is 0 Å². The topological polar surface area (TPSA) is 64.2 Å². The summed E-state index contributed by atoms with van der Waals surface area (Å²) in [6.07, 6.45) is -0.266. The highest BCUT2D eigenvalue weighted by Gasteiger charge is 2.29. The Hall–Kier alpha value is -0.470. The molecule has 0 amide bonds. The van der Waals surface area contributed by atoms with E-state index >= 15 is 0 Å². The van der Waals surface area contributed by atoms with Crippen molar-refractivity contribution in [1.82, 2.24) is 9.97 Å². The fourth-order valence-electron chi connectivity index (χ4n) is 1.76. The maximum atomic E-state index is 11.9. The molecule has 0 bridgehead atoms. The SMILES string of the molecule is COCc1nc(C(OC)C(C)(C)C)[nH]c(=O)c1I. The number of nitrogens with zero attached hydrogens (tertiary/aromatic N) is 1. The molecule has 0 radical (unpaired) electrons. The van der Waals surface area contributed by atoms with Crippen LogP contribution < -0.4 is 5.56 Å². The Kier molecular flexibility index (Phi) is 5.30. The number of methoxy groups -OCH3 is 2. The van der Waals surface area contributed by atoms with Crippen LogP contribution in [0.5, 0.6) is 0 Å². The molecule has 0 saturated heterocycles. The molecule has 6 heteroatoms. The molecule has 1 heterocycles. The minimum absolute atomic E-state index is 0.151. The van der Waals surface area contributed by atoms with Gasteiger partial charge in [0.1, 0.15) is 15.5 Å². The third kappa shape index (κ3) is 3.52. The second-order valence-corrected chi connectivity index (χ2v) is 6.21. The maximum absolute atomic E-state index is 11.9. The highest BCUT2D eigenvalue weighted by Crippen LogP contribution is 2.33. The van der Waals surface area contributed by atoms with Gasteiger partial charge in [0.05, 0.1) is 12.3 Å². The van der Waals surface area contributed by atoms with Crippen LogP contribution in [0.25, 0.3) is 0 Å². The van der Waals surface area contributed by atoms with E-state index in [1.807, 2.05) is 43.4 Å². The Morgan fingerprint density at radius 3 is 2.44 bits per heavy atom. The van der Waals surface area contributed by atoms with Gasteiger partial charge in [-0.25, -0.2) is 4.98 Å². The molecule has 1 rings (SSSR count). The molecular formula is C12H19IN2O3. The van der Waals surface area contributed by atoms with Crippen molar-refractivity contribution in [3.63, 3.8) is 0 Å². The Bertz CT molecular complexity index is 465. The minimum atomic E-state index is -0.266. The Labute approximate surface area is 120 Å². The quantitative estimate of drug-likeness (QED) is 0.831. The third-order valence-corrected chi connectivity index (χ3v) is 3.61. The maximum Gasteiger partial charge on any atom is 0.264 e. The molecular weight excluding hydrogens is 347 g/mol. The lowest BCUT2D eigenvalue weighted by molar-refractivity contribution is 0.00802. The van der Waals surface area contributed by atoms with Crippen LogP contribution in [0.2, 0.25) is 0 Å². The van der Waals surface area contributed by atoms with Crippen molar-refractivity contribution in [2.75, 3.05) is 14.2 Å². The first kappa shape index (κ1) is 15.6. The van der Waals surface area contributed by atoms with Gasteiger partial charge in [-0.3, -0.25) is 4.79 Å². The number of aromatic nitrogens is 2.